The minimum Gasteiger partial charge on any atom is -0.479 e. The second kappa shape index (κ2) is 5.00. The van der Waals surface area contributed by atoms with Gasteiger partial charge in [-0.3, -0.25) is 9.63 Å². The average Bonchev–Trinajstić information content (AvgIpc) is 2.29. The molecular formula is C9H12ClN3O3. The molecule has 0 spiro atoms. The SMILES string of the molecule is COc1nc(Cl)cc(C(=O)N(C)OC)c1N. The van der Waals surface area contributed by atoms with Crippen LogP contribution in [-0.2, 0) is 4.84 Å². The van der Waals surface area contributed by atoms with Crippen LogP contribution in [0.4, 0.5) is 5.69 Å². The smallest absolute Gasteiger partial charge is 0.279 e. The van der Waals surface area contributed by atoms with Gasteiger partial charge in [-0.15, -0.1) is 0 Å². The number of anilines is 1. The zero-order valence-corrected chi connectivity index (χ0v) is 9.91. The molecule has 0 saturated carbocycles. The number of carbonyl (C=O) groups excluding carboxylic acids is 1. The summed E-state index contributed by atoms with van der Waals surface area (Å²) in [7, 11) is 4.22. The molecule has 0 aromatic carbocycles. The Morgan fingerprint density at radius 1 is 1.56 bits per heavy atom. The van der Waals surface area contributed by atoms with Gasteiger partial charge in [0.2, 0.25) is 5.88 Å². The predicted octanol–water partition coefficient (Wildman–Crippen LogP) is 0.959. The van der Waals surface area contributed by atoms with E-state index in [1.165, 1.54) is 27.3 Å². The lowest BCUT2D eigenvalue weighted by molar-refractivity contribution is -0.0756. The van der Waals surface area contributed by atoms with Crippen LogP contribution < -0.4 is 10.5 Å². The number of nitrogen functional groups attached to an aromatic ring is 1. The molecule has 16 heavy (non-hydrogen) atoms. The Kier molecular flexibility index (Phi) is 3.92. The number of hydrogen-bond acceptors (Lipinski definition) is 5. The van der Waals surface area contributed by atoms with Crippen molar-refractivity contribution in [3.8, 4) is 5.88 Å². The molecule has 0 saturated heterocycles. The molecule has 7 heteroatoms. The van der Waals surface area contributed by atoms with Gasteiger partial charge < -0.3 is 10.5 Å². The number of halogens is 1. The molecule has 1 rings (SSSR count). The number of amides is 1. The molecule has 88 valence electrons. The fourth-order valence-electron chi connectivity index (χ4n) is 1.09. The van der Waals surface area contributed by atoms with Crippen LogP contribution in [0.25, 0.3) is 0 Å². The highest BCUT2D eigenvalue weighted by molar-refractivity contribution is 6.30. The number of nitrogens with two attached hydrogens (primary N) is 1. The first-order valence-electron chi connectivity index (χ1n) is 4.33. The number of hydroxylamine groups is 2. The maximum Gasteiger partial charge on any atom is 0.279 e. The first-order valence-corrected chi connectivity index (χ1v) is 4.71. The first-order chi connectivity index (χ1) is 7.51. The van der Waals surface area contributed by atoms with Gasteiger partial charge in [-0.05, 0) is 6.07 Å². The maximum absolute atomic E-state index is 11.8. The Labute approximate surface area is 97.9 Å². The number of hydrogen-bond donors (Lipinski definition) is 1. The number of rotatable bonds is 3. The second-order valence-electron chi connectivity index (χ2n) is 2.90. The lowest BCUT2D eigenvalue weighted by Gasteiger charge is -2.15. The lowest BCUT2D eigenvalue weighted by Crippen LogP contribution is -2.26. The minimum absolute atomic E-state index is 0.111. The van der Waals surface area contributed by atoms with Gasteiger partial charge in [0, 0.05) is 7.05 Å². The topological polar surface area (TPSA) is 77.7 Å². The predicted molar refractivity (Wildman–Crippen MR) is 59.3 cm³/mol. The highest BCUT2D eigenvalue weighted by atomic mass is 35.5. The van der Waals surface area contributed by atoms with Crippen molar-refractivity contribution in [3.05, 3.63) is 16.8 Å². The molecule has 6 nitrogen and oxygen atoms in total. The van der Waals surface area contributed by atoms with E-state index in [1.807, 2.05) is 0 Å². The molecule has 0 aliphatic carbocycles. The fraction of sp³-hybridized carbons (Fsp3) is 0.333. The highest BCUT2D eigenvalue weighted by Gasteiger charge is 2.19. The summed E-state index contributed by atoms with van der Waals surface area (Å²) in [5.41, 5.74) is 6.01. The summed E-state index contributed by atoms with van der Waals surface area (Å²) >= 11 is 5.73. The van der Waals surface area contributed by atoms with Crippen molar-refractivity contribution in [3.63, 3.8) is 0 Å². The molecule has 0 fully saturated rings. The van der Waals surface area contributed by atoms with Gasteiger partial charge >= 0.3 is 0 Å². The van der Waals surface area contributed by atoms with Gasteiger partial charge in [0.15, 0.2) is 0 Å². The summed E-state index contributed by atoms with van der Waals surface area (Å²) in [6.45, 7) is 0. The molecular weight excluding hydrogens is 234 g/mol. The van der Waals surface area contributed by atoms with Crippen molar-refractivity contribution in [2.75, 3.05) is 27.0 Å². The van der Waals surface area contributed by atoms with Crippen LogP contribution in [0.15, 0.2) is 6.07 Å². The number of carbonyl (C=O) groups is 1. The zero-order valence-electron chi connectivity index (χ0n) is 9.15. The van der Waals surface area contributed by atoms with Crippen LogP contribution in [0.3, 0.4) is 0 Å². The van der Waals surface area contributed by atoms with Crippen LogP contribution in [0, 0.1) is 0 Å². The third-order valence-electron chi connectivity index (χ3n) is 1.98. The molecule has 0 aliphatic rings. The second-order valence-corrected chi connectivity index (χ2v) is 3.29. The van der Waals surface area contributed by atoms with Crippen molar-refractivity contribution >= 4 is 23.2 Å². The van der Waals surface area contributed by atoms with E-state index in [9.17, 15) is 4.79 Å². The highest BCUT2D eigenvalue weighted by Crippen LogP contribution is 2.26. The summed E-state index contributed by atoms with van der Waals surface area (Å²) in [6, 6.07) is 1.36. The van der Waals surface area contributed by atoms with Crippen LogP contribution in [-0.4, -0.2) is 37.2 Å². The van der Waals surface area contributed by atoms with Gasteiger partial charge in [0.05, 0.1) is 19.8 Å². The van der Waals surface area contributed by atoms with Crippen molar-refractivity contribution in [2.45, 2.75) is 0 Å². The molecule has 0 unspecified atom stereocenters. The number of methoxy groups -OCH3 is 1. The van der Waals surface area contributed by atoms with E-state index in [-0.39, 0.29) is 22.3 Å². The molecule has 0 aliphatic heterocycles. The van der Waals surface area contributed by atoms with Crippen LogP contribution in [0.2, 0.25) is 5.15 Å². The van der Waals surface area contributed by atoms with Crippen molar-refractivity contribution < 1.29 is 14.4 Å². The molecule has 0 bridgehead atoms. The Hall–Kier alpha value is -1.53. The standard InChI is InChI=1S/C9H12ClN3O3/c1-13(16-3)9(14)5-4-6(10)12-8(15-2)7(5)11/h4H,11H2,1-3H3. The summed E-state index contributed by atoms with van der Waals surface area (Å²) in [4.78, 5) is 20.4. The number of ether oxygens (including phenoxy) is 1. The molecule has 2 N–H and O–H groups in total. The van der Waals surface area contributed by atoms with Crippen LogP contribution >= 0.6 is 11.6 Å². The summed E-state index contributed by atoms with van der Waals surface area (Å²) < 4.78 is 4.90. The Morgan fingerprint density at radius 3 is 2.69 bits per heavy atom. The number of pyridine rings is 1. The molecule has 1 aromatic heterocycles. The average molecular weight is 246 g/mol. The van der Waals surface area contributed by atoms with Crippen LogP contribution in [0.5, 0.6) is 5.88 Å². The van der Waals surface area contributed by atoms with Crippen molar-refractivity contribution in [1.29, 1.82) is 0 Å². The van der Waals surface area contributed by atoms with Gasteiger partial charge in [0.25, 0.3) is 5.91 Å². The number of nitrogens with zero attached hydrogens (tertiary/aromatic N) is 2. The van der Waals surface area contributed by atoms with E-state index < -0.39 is 5.91 Å². The van der Waals surface area contributed by atoms with E-state index in [4.69, 9.17) is 26.9 Å². The largest absolute Gasteiger partial charge is 0.479 e. The first kappa shape index (κ1) is 12.5. The lowest BCUT2D eigenvalue weighted by atomic mass is 10.2. The molecule has 1 heterocycles. The van der Waals surface area contributed by atoms with Crippen LogP contribution in [0.1, 0.15) is 10.4 Å². The van der Waals surface area contributed by atoms with Gasteiger partial charge in [-0.1, -0.05) is 11.6 Å². The Morgan fingerprint density at radius 2 is 2.19 bits per heavy atom. The molecule has 1 amide bonds. The van der Waals surface area contributed by atoms with Crippen molar-refractivity contribution in [1.82, 2.24) is 10.0 Å². The quantitative estimate of drug-likeness (QED) is 0.634. The van der Waals surface area contributed by atoms with Gasteiger partial charge in [-0.2, -0.15) is 4.98 Å². The monoisotopic (exact) mass is 245 g/mol. The minimum atomic E-state index is -0.428. The maximum atomic E-state index is 11.8. The fourth-order valence-corrected chi connectivity index (χ4v) is 1.27. The normalized spacial score (nSPS) is 10.0. The third-order valence-corrected chi connectivity index (χ3v) is 2.17. The van der Waals surface area contributed by atoms with E-state index in [0.717, 1.165) is 5.06 Å². The van der Waals surface area contributed by atoms with E-state index in [0.29, 0.717) is 0 Å². The van der Waals surface area contributed by atoms with Gasteiger partial charge in [0.1, 0.15) is 10.8 Å². The third kappa shape index (κ3) is 2.34. The molecule has 1 aromatic rings. The Balaban J connectivity index is 3.23. The molecule has 0 radical (unpaired) electrons. The van der Waals surface area contributed by atoms with E-state index in [2.05, 4.69) is 4.98 Å². The summed E-state index contributed by atoms with van der Waals surface area (Å²) in [5.74, 6) is -0.317. The van der Waals surface area contributed by atoms with E-state index in [1.54, 1.807) is 0 Å². The molecule has 0 atom stereocenters. The van der Waals surface area contributed by atoms with E-state index >= 15 is 0 Å². The zero-order chi connectivity index (χ0) is 12.3. The van der Waals surface area contributed by atoms with Crippen molar-refractivity contribution in [2.24, 2.45) is 0 Å². The Bertz CT molecular complexity index is 411. The summed E-state index contributed by atoms with van der Waals surface area (Å²) in [5, 5.41) is 1.15. The number of aromatic nitrogens is 1. The van der Waals surface area contributed by atoms with Gasteiger partial charge in [-0.25, -0.2) is 5.06 Å². The summed E-state index contributed by atoms with van der Waals surface area (Å²) in [6.07, 6.45) is 0.